The van der Waals surface area contributed by atoms with Gasteiger partial charge in [-0.25, -0.2) is 0 Å². The Morgan fingerprint density at radius 3 is 2.62 bits per heavy atom. The van der Waals surface area contributed by atoms with Crippen molar-refractivity contribution in [3.63, 3.8) is 0 Å². The number of amidine groups is 1. The number of rotatable bonds is 2. The smallest absolute Gasteiger partial charge is 0.362 e. The molecule has 0 radical (unpaired) electrons. The molecule has 94 valence electrons. The first-order valence-corrected chi connectivity index (χ1v) is 6.22. The molecule has 0 aromatic rings. The average Bonchev–Trinajstić information content (AvgIpc) is 1.96. The van der Waals surface area contributed by atoms with Crippen LogP contribution < -0.4 is 5.32 Å². The fourth-order valence-electron chi connectivity index (χ4n) is 1.68. The second-order valence-electron chi connectivity index (χ2n) is 4.31. The quantitative estimate of drug-likeness (QED) is 0.818. The molecule has 0 aliphatic carbocycles. The van der Waals surface area contributed by atoms with Gasteiger partial charge in [0.05, 0.1) is 12.5 Å². The summed E-state index contributed by atoms with van der Waals surface area (Å²) < 4.78 is 36.4. The van der Waals surface area contributed by atoms with Gasteiger partial charge in [0.25, 0.3) is 0 Å². The zero-order valence-corrected chi connectivity index (χ0v) is 10.5. The Balaban J connectivity index is 2.47. The third-order valence-corrected chi connectivity index (χ3v) is 3.27. The van der Waals surface area contributed by atoms with Crippen molar-refractivity contribution in [3.8, 4) is 0 Å². The maximum absolute atomic E-state index is 12.1. The molecule has 0 amide bonds. The van der Waals surface area contributed by atoms with Gasteiger partial charge in [0.1, 0.15) is 0 Å². The lowest BCUT2D eigenvalue weighted by Gasteiger charge is -2.25. The van der Waals surface area contributed by atoms with Gasteiger partial charge in [-0.3, -0.25) is 4.99 Å². The van der Waals surface area contributed by atoms with Crippen LogP contribution in [0.5, 0.6) is 0 Å². The van der Waals surface area contributed by atoms with Crippen LogP contribution in [-0.2, 0) is 0 Å². The Bertz CT molecular complexity index is 265. The van der Waals surface area contributed by atoms with Crippen LogP contribution >= 0.6 is 11.8 Å². The first-order valence-electron chi connectivity index (χ1n) is 5.34. The molecule has 6 heteroatoms. The summed E-state index contributed by atoms with van der Waals surface area (Å²) in [7, 11) is 0. The van der Waals surface area contributed by atoms with E-state index in [1.165, 1.54) is 18.7 Å². The summed E-state index contributed by atoms with van der Waals surface area (Å²) in [6.07, 6.45) is -3.97. The van der Waals surface area contributed by atoms with Crippen LogP contribution in [0.1, 0.15) is 33.6 Å². The van der Waals surface area contributed by atoms with Crippen LogP contribution in [-0.4, -0.2) is 28.7 Å². The Morgan fingerprint density at radius 2 is 2.12 bits per heavy atom. The highest BCUT2D eigenvalue weighted by molar-refractivity contribution is 8.14. The van der Waals surface area contributed by atoms with Crippen molar-refractivity contribution >= 4 is 16.9 Å². The minimum Gasteiger partial charge on any atom is -0.362 e. The average molecular weight is 254 g/mol. The SMILES string of the molecule is CC1CC(C)SC(NC(C)CC(F)(F)F)=N1. The van der Waals surface area contributed by atoms with Gasteiger partial charge in [0, 0.05) is 11.3 Å². The summed E-state index contributed by atoms with van der Waals surface area (Å²) in [6, 6.07) is -0.430. The lowest BCUT2D eigenvalue weighted by atomic mass is 10.2. The van der Waals surface area contributed by atoms with Gasteiger partial charge < -0.3 is 5.32 Å². The van der Waals surface area contributed by atoms with Crippen LogP contribution in [0.4, 0.5) is 13.2 Å². The van der Waals surface area contributed by atoms with E-state index < -0.39 is 18.6 Å². The minimum absolute atomic E-state index is 0.192. The van der Waals surface area contributed by atoms with Gasteiger partial charge in [0.2, 0.25) is 0 Å². The monoisotopic (exact) mass is 254 g/mol. The van der Waals surface area contributed by atoms with Gasteiger partial charge in [0.15, 0.2) is 5.17 Å². The molecule has 1 aliphatic heterocycles. The lowest BCUT2D eigenvalue weighted by Crippen LogP contribution is -2.37. The van der Waals surface area contributed by atoms with Crippen molar-refractivity contribution in [2.45, 2.75) is 57.1 Å². The number of hydrogen-bond donors (Lipinski definition) is 1. The van der Waals surface area contributed by atoms with E-state index in [4.69, 9.17) is 0 Å². The summed E-state index contributed by atoms with van der Waals surface area (Å²) in [5, 5.41) is 3.88. The molecule has 0 spiro atoms. The number of hydrogen-bond acceptors (Lipinski definition) is 3. The number of thioether (sulfide) groups is 1. The van der Waals surface area contributed by atoms with Crippen LogP contribution in [0.25, 0.3) is 0 Å². The van der Waals surface area contributed by atoms with E-state index in [9.17, 15) is 13.2 Å². The second kappa shape index (κ2) is 5.29. The first-order chi connectivity index (χ1) is 7.26. The van der Waals surface area contributed by atoms with Crippen LogP contribution in [0.15, 0.2) is 4.99 Å². The van der Waals surface area contributed by atoms with Crippen LogP contribution in [0.3, 0.4) is 0 Å². The van der Waals surface area contributed by atoms with Crippen molar-refractivity contribution in [2.24, 2.45) is 4.99 Å². The van der Waals surface area contributed by atoms with Gasteiger partial charge >= 0.3 is 6.18 Å². The molecule has 0 aromatic heterocycles. The van der Waals surface area contributed by atoms with Crippen molar-refractivity contribution in [1.82, 2.24) is 5.32 Å². The largest absolute Gasteiger partial charge is 0.391 e. The fraction of sp³-hybridized carbons (Fsp3) is 0.900. The second-order valence-corrected chi connectivity index (χ2v) is 5.74. The van der Waals surface area contributed by atoms with Crippen LogP contribution in [0, 0.1) is 0 Å². The summed E-state index contributed by atoms with van der Waals surface area (Å²) >= 11 is 1.52. The number of alkyl halides is 3. The Labute approximate surface area is 98.1 Å². The van der Waals surface area contributed by atoms with Gasteiger partial charge in [-0.15, -0.1) is 0 Å². The highest BCUT2D eigenvalue weighted by atomic mass is 32.2. The molecule has 16 heavy (non-hydrogen) atoms. The summed E-state index contributed by atoms with van der Waals surface area (Å²) in [4.78, 5) is 4.30. The van der Waals surface area contributed by atoms with Gasteiger partial charge in [-0.2, -0.15) is 13.2 Å². The zero-order valence-electron chi connectivity index (χ0n) is 9.64. The lowest BCUT2D eigenvalue weighted by molar-refractivity contribution is -0.138. The molecule has 0 fully saturated rings. The molecular formula is C10H17F3N2S. The topological polar surface area (TPSA) is 24.4 Å². The molecule has 1 N–H and O–H groups in total. The molecule has 3 unspecified atom stereocenters. The normalized spacial score (nSPS) is 28.5. The van der Waals surface area contributed by atoms with E-state index in [-0.39, 0.29) is 6.04 Å². The molecule has 0 saturated carbocycles. The molecule has 1 rings (SSSR count). The van der Waals surface area contributed by atoms with Crippen LogP contribution in [0.2, 0.25) is 0 Å². The van der Waals surface area contributed by atoms with E-state index in [0.717, 1.165) is 6.42 Å². The van der Waals surface area contributed by atoms with Crippen molar-refractivity contribution in [3.05, 3.63) is 0 Å². The van der Waals surface area contributed by atoms with E-state index in [2.05, 4.69) is 17.2 Å². The predicted molar refractivity (Wildman–Crippen MR) is 61.8 cm³/mol. The fourth-order valence-corrected chi connectivity index (χ4v) is 2.95. The standard InChI is InChI=1S/C10H17F3N2S/c1-6-4-8(3)16-9(14-6)15-7(2)5-10(11,12)13/h6-8H,4-5H2,1-3H3,(H,14,15). The Morgan fingerprint density at radius 1 is 1.50 bits per heavy atom. The van der Waals surface area contributed by atoms with Crippen molar-refractivity contribution < 1.29 is 13.2 Å². The molecular weight excluding hydrogens is 237 g/mol. The maximum Gasteiger partial charge on any atom is 0.391 e. The molecule has 0 saturated heterocycles. The number of nitrogens with zero attached hydrogens (tertiary/aromatic N) is 1. The summed E-state index contributed by atoms with van der Waals surface area (Å²) in [5.41, 5.74) is 0. The van der Waals surface area contributed by atoms with Crippen molar-refractivity contribution in [1.29, 1.82) is 0 Å². The third kappa shape index (κ3) is 5.09. The zero-order chi connectivity index (χ0) is 12.3. The number of halogens is 3. The minimum atomic E-state index is -4.12. The highest BCUT2D eigenvalue weighted by Gasteiger charge is 2.31. The van der Waals surface area contributed by atoms with E-state index in [1.807, 2.05) is 6.92 Å². The van der Waals surface area contributed by atoms with Gasteiger partial charge in [-0.05, 0) is 20.3 Å². The molecule has 1 heterocycles. The molecule has 0 aromatic carbocycles. The summed E-state index contributed by atoms with van der Waals surface area (Å²) in [5.74, 6) is 0. The Hall–Kier alpha value is -0.390. The summed E-state index contributed by atoms with van der Waals surface area (Å²) in [6.45, 7) is 5.57. The highest BCUT2D eigenvalue weighted by Crippen LogP contribution is 2.26. The number of aliphatic imine (C=N–C) groups is 1. The molecule has 1 aliphatic rings. The third-order valence-electron chi connectivity index (χ3n) is 2.23. The molecule has 3 atom stereocenters. The first kappa shape index (κ1) is 13.7. The maximum atomic E-state index is 12.1. The van der Waals surface area contributed by atoms with E-state index in [1.54, 1.807) is 0 Å². The van der Waals surface area contributed by atoms with E-state index in [0.29, 0.717) is 10.4 Å². The Kier molecular flexibility index (Phi) is 4.52. The molecule has 2 nitrogen and oxygen atoms in total. The molecule has 0 bridgehead atoms. The van der Waals surface area contributed by atoms with Gasteiger partial charge in [-0.1, -0.05) is 18.7 Å². The predicted octanol–water partition coefficient (Wildman–Crippen LogP) is 3.19. The van der Waals surface area contributed by atoms with Crippen molar-refractivity contribution in [2.75, 3.05) is 0 Å². The van der Waals surface area contributed by atoms with E-state index >= 15 is 0 Å². The number of nitrogens with one attached hydrogen (secondary N) is 1.